The summed E-state index contributed by atoms with van der Waals surface area (Å²) in [5, 5.41) is 5.03. The van der Waals surface area contributed by atoms with Crippen LogP contribution in [0.25, 0.3) is 0 Å². The Balaban J connectivity index is 2.49. The number of nitrogens with two attached hydrogens (primary N) is 1. The maximum absolute atomic E-state index is 11.5. The number of carbonyl (C=O) groups excluding carboxylic acids is 2. The highest BCUT2D eigenvalue weighted by atomic mass is 16.2. The van der Waals surface area contributed by atoms with Crippen molar-refractivity contribution < 1.29 is 9.59 Å². The van der Waals surface area contributed by atoms with Gasteiger partial charge in [-0.15, -0.1) is 0 Å². The Hall–Kier alpha value is -2.15. The molecule has 0 aromatic carbocycles. The van der Waals surface area contributed by atoms with Crippen molar-refractivity contribution in [1.82, 2.24) is 15.6 Å². The van der Waals surface area contributed by atoms with Crippen molar-refractivity contribution in [3.05, 3.63) is 24.0 Å². The van der Waals surface area contributed by atoms with Crippen molar-refractivity contribution in [2.45, 2.75) is 6.92 Å². The molecule has 0 saturated heterocycles. The number of carbonyl (C=O) groups is 2. The molecule has 7 nitrogen and oxygen atoms in total. The topological polar surface area (TPSA) is 109 Å². The Bertz CT molecular complexity index is 390. The Morgan fingerprint density at radius 3 is 2.65 bits per heavy atom. The van der Waals surface area contributed by atoms with Gasteiger partial charge in [-0.2, -0.15) is 0 Å². The monoisotopic (exact) mass is 237 g/mol. The minimum atomic E-state index is -0.403. The highest BCUT2D eigenvalue weighted by Gasteiger charge is 2.08. The van der Waals surface area contributed by atoms with E-state index in [4.69, 9.17) is 5.84 Å². The first-order chi connectivity index (χ1) is 8.17. The lowest BCUT2D eigenvalue weighted by Crippen LogP contribution is -2.37. The maximum atomic E-state index is 11.5. The van der Waals surface area contributed by atoms with Gasteiger partial charge in [0.2, 0.25) is 5.91 Å². The predicted molar refractivity (Wildman–Crippen MR) is 63.1 cm³/mol. The zero-order valence-corrected chi connectivity index (χ0v) is 9.49. The van der Waals surface area contributed by atoms with Gasteiger partial charge in [-0.3, -0.25) is 15.4 Å². The maximum Gasteiger partial charge on any atom is 0.270 e. The number of aromatic nitrogens is 1. The molecule has 1 rings (SSSR count). The van der Waals surface area contributed by atoms with Crippen LogP contribution in [-0.2, 0) is 4.79 Å². The van der Waals surface area contributed by atoms with Gasteiger partial charge in [0.15, 0.2) is 0 Å². The van der Waals surface area contributed by atoms with Crippen LogP contribution in [0, 0.1) is 0 Å². The molecule has 0 aliphatic heterocycles. The zero-order valence-electron chi connectivity index (χ0n) is 9.49. The fraction of sp³-hybridized carbons (Fsp3) is 0.300. The first-order valence-corrected chi connectivity index (χ1v) is 5.15. The van der Waals surface area contributed by atoms with Gasteiger partial charge in [0.25, 0.3) is 5.91 Å². The lowest BCUT2D eigenvalue weighted by atomic mass is 10.3. The largest absolute Gasteiger partial charge is 0.355 e. The molecule has 92 valence electrons. The quantitative estimate of drug-likeness (QED) is 0.397. The summed E-state index contributed by atoms with van der Waals surface area (Å²) in [5.74, 6) is 4.53. The Labute approximate surface area is 98.8 Å². The van der Waals surface area contributed by atoms with Crippen LogP contribution in [-0.4, -0.2) is 29.9 Å². The molecule has 7 heteroatoms. The normalized spacial score (nSPS) is 9.53. The number of nitrogens with zero attached hydrogens (tertiary/aromatic N) is 1. The second-order valence-electron chi connectivity index (χ2n) is 3.21. The molecule has 0 radical (unpaired) electrons. The Kier molecular flexibility index (Phi) is 4.89. The van der Waals surface area contributed by atoms with Gasteiger partial charge >= 0.3 is 0 Å². The first-order valence-electron chi connectivity index (χ1n) is 5.15. The van der Waals surface area contributed by atoms with E-state index in [0.717, 1.165) is 0 Å². The number of likely N-dealkylation sites (N-methyl/N-ethyl adjacent to an activating group) is 1. The number of rotatable bonds is 5. The molecule has 2 amide bonds. The van der Waals surface area contributed by atoms with Crippen LogP contribution in [0.3, 0.4) is 0 Å². The summed E-state index contributed by atoms with van der Waals surface area (Å²) in [7, 11) is 0. The Morgan fingerprint density at radius 2 is 2.12 bits per heavy atom. The van der Waals surface area contributed by atoms with Gasteiger partial charge in [0, 0.05) is 6.54 Å². The van der Waals surface area contributed by atoms with Gasteiger partial charge < -0.3 is 16.1 Å². The molecule has 1 aromatic rings. The molecule has 1 heterocycles. The van der Waals surface area contributed by atoms with Gasteiger partial charge in [-0.25, -0.2) is 4.98 Å². The van der Waals surface area contributed by atoms with Crippen LogP contribution < -0.4 is 21.9 Å². The number of pyridine rings is 1. The zero-order chi connectivity index (χ0) is 12.7. The molecule has 0 aliphatic rings. The third-order valence-electron chi connectivity index (χ3n) is 1.95. The molecule has 17 heavy (non-hydrogen) atoms. The van der Waals surface area contributed by atoms with Crippen LogP contribution in [0.4, 0.5) is 5.69 Å². The number of anilines is 1. The van der Waals surface area contributed by atoms with Crippen LogP contribution in [0.15, 0.2) is 18.3 Å². The predicted octanol–water partition coefficient (Wildman–Crippen LogP) is -0.767. The van der Waals surface area contributed by atoms with E-state index in [9.17, 15) is 9.59 Å². The second-order valence-corrected chi connectivity index (χ2v) is 3.21. The third kappa shape index (κ3) is 4.07. The summed E-state index contributed by atoms with van der Waals surface area (Å²) in [4.78, 5) is 26.5. The van der Waals surface area contributed by atoms with E-state index in [1.165, 1.54) is 12.3 Å². The van der Waals surface area contributed by atoms with Crippen LogP contribution in [0.2, 0.25) is 0 Å². The molecule has 0 saturated carbocycles. The van der Waals surface area contributed by atoms with Crippen molar-refractivity contribution in [2.75, 3.05) is 18.5 Å². The van der Waals surface area contributed by atoms with Gasteiger partial charge in [0.1, 0.15) is 5.69 Å². The standard InChI is InChI=1S/C10H15N5O2/c1-2-12-9(16)6-14-10(17)8-4-3-7(15-11)5-13-8/h3-5,15H,2,6,11H2,1H3,(H,12,16)(H,14,17). The highest BCUT2D eigenvalue weighted by molar-refractivity contribution is 5.94. The molecule has 0 spiro atoms. The molecular weight excluding hydrogens is 222 g/mol. The van der Waals surface area contributed by atoms with Crippen LogP contribution >= 0.6 is 0 Å². The minimum Gasteiger partial charge on any atom is -0.355 e. The van der Waals surface area contributed by atoms with E-state index in [0.29, 0.717) is 12.2 Å². The summed E-state index contributed by atoms with van der Waals surface area (Å²) >= 11 is 0. The van der Waals surface area contributed by atoms with Crippen molar-refractivity contribution >= 4 is 17.5 Å². The molecule has 0 unspecified atom stereocenters. The van der Waals surface area contributed by atoms with Crippen LogP contribution in [0.5, 0.6) is 0 Å². The fourth-order valence-corrected chi connectivity index (χ4v) is 1.12. The molecule has 1 aromatic heterocycles. The van der Waals surface area contributed by atoms with E-state index in [1.54, 1.807) is 13.0 Å². The van der Waals surface area contributed by atoms with E-state index in [-0.39, 0.29) is 18.1 Å². The summed E-state index contributed by atoms with van der Waals surface area (Å²) in [6.07, 6.45) is 1.43. The molecule has 5 N–H and O–H groups in total. The second kappa shape index (κ2) is 6.44. The van der Waals surface area contributed by atoms with Gasteiger partial charge in [-0.1, -0.05) is 0 Å². The van der Waals surface area contributed by atoms with Crippen molar-refractivity contribution in [2.24, 2.45) is 5.84 Å². The van der Waals surface area contributed by atoms with Gasteiger partial charge in [-0.05, 0) is 19.1 Å². The van der Waals surface area contributed by atoms with Crippen molar-refractivity contribution in [3.63, 3.8) is 0 Å². The van der Waals surface area contributed by atoms with Crippen LogP contribution in [0.1, 0.15) is 17.4 Å². The summed E-state index contributed by atoms with van der Waals surface area (Å²) in [6, 6.07) is 3.14. The number of hydrogen-bond acceptors (Lipinski definition) is 5. The average Bonchev–Trinajstić information content (AvgIpc) is 2.36. The number of hydrazine groups is 1. The Morgan fingerprint density at radius 1 is 1.35 bits per heavy atom. The van der Waals surface area contributed by atoms with E-state index in [2.05, 4.69) is 21.0 Å². The molecule has 0 atom stereocenters. The summed E-state index contributed by atoms with van der Waals surface area (Å²) in [6.45, 7) is 2.27. The molecule has 0 fully saturated rings. The van der Waals surface area contributed by atoms with E-state index in [1.807, 2.05) is 0 Å². The molecular formula is C10H15N5O2. The smallest absolute Gasteiger partial charge is 0.270 e. The SMILES string of the molecule is CCNC(=O)CNC(=O)c1ccc(NN)cn1. The average molecular weight is 237 g/mol. The summed E-state index contributed by atoms with van der Waals surface area (Å²) < 4.78 is 0. The van der Waals surface area contributed by atoms with E-state index >= 15 is 0 Å². The molecule has 0 bridgehead atoms. The van der Waals surface area contributed by atoms with Gasteiger partial charge in [0.05, 0.1) is 18.4 Å². The lowest BCUT2D eigenvalue weighted by Gasteiger charge is -2.05. The minimum absolute atomic E-state index is 0.0642. The third-order valence-corrected chi connectivity index (χ3v) is 1.95. The van der Waals surface area contributed by atoms with E-state index < -0.39 is 5.91 Å². The van der Waals surface area contributed by atoms with Crippen molar-refractivity contribution in [1.29, 1.82) is 0 Å². The molecule has 0 aliphatic carbocycles. The lowest BCUT2D eigenvalue weighted by molar-refractivity contribution is -0.120. The summed E-state index contributed by atoms with van der Waals surface area (Å²) in [5.41, 5.74) is 3.23. The number of amides is 2. The van der Waals surface area contributed by atoms with Crippen molar-refractivity contribution in [3.8, 4) is 0 Å². The first kappa shape index (κ1) is 12.9. The highest BCUT2D eigenvalue weighted by Crippen LogP contribution is 2.03. The fourth-order valence-electron chi connectivity index (χ4n) is 1.12. The number of hydrogen-bond donors (Lipinski definition) is 4. The number of nitrogens with one attached hydrogen (secondary N) is 3. The number of nitrogen functional groups attached to an aromatic ring is 1.